The minimum Gasteiger partial charge on any atom is -0.379 e. The molecule has 164 valence electrons. The van der Waals surface area contributed by atoms with Crippen LogP contribution in [0, 0.1) is 5.82 Å². The van der Waals surface area contributed by atoms with Crippen LogP contribution in [0.5, 0.6) is 0 Å². The number of rotatable bonds is 6. The molecule has 31 heavy (non-hydrogen) atoms. The van der Waals surface area contributed by atoms with Crippen LogP contribution >= 0.6 is 0 Å². The molecular weight excluding hydrogens is 423 g/mol. The number of ether oxygens (including phenoxy) is 1. The number of carbonyl (C=O) groups is 1. The van der Waals surface area contributed by atoms with Gasteiger partial charge in [-0.2, -0.15) is 4.31 Å². The number of carbonyl (C=O) groups excluding carboxylic acids is 1. The van der Waals surface area contributed by atoms with Crippen molar-refractivity contribution < 1.29 is 22.3 Å². The van der Waals surface area contributed by atoms with Crippen molar-refractivity contribution in [1.82, 2.24) is 13.9 Å². The van der Waals surface area contributed by atoms with Crippen molar-refractivity contribution in [1.29, 1.82) is 0 Å². The summed E-state index contributed by atoms with van der Waals surface area (Å²) in [5.74, 6) is 0.0899. The van der Waals surface area contributed by atoms with Gasteiger partial charge in [0.1, 0.15) is 11.6 Å². The molecule has 2 heterocycles. The van der Waals surface area contributed by atoms with Gasteiger partial charge in [0.25, 0.3) is 0 Å². The maximum absolute atomic E-state index is 13.0. The third kappa shape index (κ3) is 4.60. The number of hydrogen-bond acceptors (Lipinski definition) is 5. The number of hydrogen-bond donors (Lipinski definition) is 1. The lowest BCUT2D eigenvalue weighted by molar-refractivity contribution is -0.116. The molecule has 0 spiro atoms. The van der Waals surface area contributed by atoms with Crippen LogP contribution in [0.3, 0.4) is 0 Å². The van der Waals surface area contributed by atoms with Crippen LogP contribution in [-0.4, -0.2) is 54.5 Å². The van der Waals surface area contributed by atoms with Gasteiger partial charge < -0.3 is 14.6 Å². The molecule has 1 aliphatic rings. The smallest absolute Gasteiger partial charge is 0.243 e. The Hall–Kier alpha value is -2.82. The summed E-state index contributed by atoms with van der Waals surface area (Å²) < 4.78 is 47.3. The summed E-state index contributed by atoms with van der Waals surface area (Å²) in [7, 11) is -1.78. The molecule has 8 nitrogen and oxygen atoms in total. The maximum atomic E-state index is 13.0. The first-order valence-electron chi connectivity index (χ1n) is 9.93. The van der Waals surface area contributed by atoms with Gasteiger partial charge in [0.05, 0.1) is 29.1 Å². The molecule has 3 aromatic rings. The van der Waals surface area contributed by atoms with Gasteiger partial charge in [0, 0.05) is 38.7 Å². The van der Waals surface area contributed by atoms with Crippen LogP contribution in [0.25, 0.3) is 11.0 Å². The first-order valence-corrected chi connectivity index (χ1v) is 11.4. The van der Waals surface area contributed by atoms with Crippen LogP contribution in [0.4, 0.5) is 10.1 Å². The largest absolute Gasteiger partial charge is 0.379 e. The van der Waals surface area contributed by atoms with E-state index in [0.717, 1.165) is 5.52 Å². The Kier molecular flexibility index (Phi) is 6.03. The van der Waals surface area contributed by atoms with E-state index in [9.17, 15) is 17.6 Å². The fraction of sp³-hybridized carbons (Fsp3) is 0.333. The second-order valence-corrected chi connectivity index (χ2v) is 9.25. The highest BCUT2D eigenvalue weighted by Gasteiger charge is 2.27. The van der Waals surface area contributed by atoms with E-state index in [4.69, 9.17) is 4.74 Å². The molecule has 0 aliphatic carbocycles. The second-order valence-electron chi connectivity index (χ2n) is 7.31. The topological polar surface area (TPSA) is 93.5 Å². The van der Waals surface area contributed by atoms with Crippen molar-refractivity contribution in [3.05, 3.63) is 54.1 Å². The van der Waals surface area contributed by atoms with E-state index < -0.39 is 10.0 Å². The lowest BCUT2D eigenvalue weighted by atomic mass is 10.2. The van der Waals surface area contributed by atoms with Crippen molar-refractivity contribution in [2.75, 3.05) is 31.6 Å². The first-order chi connectivity index (χ1) is 14.8. The normalized spacial score (nSPS) is 15.3. The van der Waals surface area contributed by atoms with Gasteiger partial charge in [-0.05, 0) is 42.5 Å². The summed E-state index contributed by atoms with van der Waals surface area (Å²) >= 11 is 0. The van der Waals surface area contributed by atoms with E-state index in [1.165, 1.54) is 28.6 Å². The van der Waals surface area contributed by atoms with Crippen molar-refractivity contribution in [3.8, 4) is 0 Å². The highest BCUT2D eigenvalue weighted by Crippen LogP contribution is 2.23. The molecule has 0 radical (unpaired) electrons. The van der Waals surface area contributed by atoms with Gasteiger partial charge in [-0.3, -0.25) is 4.79 Å². The van der Waals surface area contributed by atoms with E-state index in [0.29, 0.717) is 49.8 Å². The quantitative estimate of drug-likeness (QED) is 0.627. The van der Waals surface area contributed by atoms with Crippen LogP contribution in [0.1, 0.15) is 12.2 Å². The Bertz CT molecular complexity index is 1200. The van der Waals surface area contributed by atoms with E-state index in [-0.39, 0.29) is 23.0 Å². The van der Waals surface area contributed by atoms with Gasteiger partial charge in [-0.15, -0.1) is 0 Å². The Morgan fingerprint density at radius 1 is 1.16 bits per heavy atom. The van der Waals surface area contributed by atoms with Gasteiger partial charge in [-0.25, -0.2) is 17.8 Å². The standard InChI is InChI=1S/C21H23FN4O4S/c1-25-19-7-6-17(31(28,29)26-10-12-30-13-11-26)14-18(19)24-20(25)8-9-21(27)23-16-4-2-15(22)3-5-16/h2-7,14H,8-13H2,1H3,(H,23,27). The molecule has 0 bridgehead atoms. The fourth-order valence-corrected chi connectivity index (χ4v) is 4.96. The number of sulfonamides is 1. The molecule has 1 N–H and O–H groups in total. The Morgan fingerprint density at radius 2 is 1.87 bits per heavy atom. The Morgan fingerprint density at radius 3 is 2.58 bits per heavy atom. The number of fused-ring (bicyclic) bond motifs is 1. The van der Waals surface area contributed by atoms with Crippen LogP contribution in [0.15, 0.2) is 47.4 Å². The number of nitrogens with one attached hydrogen (secondary N) is 1. The molecule has 1 fully saturated rings. The SMILES string of the molecule is Cn1c(CCC(=O)Nc2ccc(F)cc2)nc2cc(S(=O)(=O)N3CCOCC3)ccc21. The molecular formula is C21H23FN4O4S. The van der Waals surface area contributed by atoms with Gasteiger partial charge in [0.15, 0.2) is 0 Å². The average molecular weight is 447 g/mol. The van der Waals surface area contributed by atoms with E-state index in [2.05, 4.69) is 10.3 Å². The number of anilines is 1. The molecule has 1 aliphatic heterocycles. The number of morpholine rings is 1. The summed E-state index contributed by atoms with van der Waals surface area (Å²) in [5.41, 5.74) is 1.87. The number of benzene rings is 2. The van der Waals surface area contributed by atoms with Crippen molar-refractivity contribution in [3.63, 3.8) is 0 Å². The van der Waals surface area contributed by atoms with Gasteiger partial charge in [-0.1, -0.05) is 0 Å². The molecule has 4 rings (SSSR count). The molecule has 0 unspecified atom stereocenters. The summed E-state index contributed by atoms with van der Waals surface area (Å²) in [6.07, 6.45) is 0.567. The minimum atomic E-state index is -3.61. The zero-order valence-electron chi connectivity index (χ0n) is 17.0. The third-order valence-corrected chi connectivity index (χ3v) is 7.15. The Labute approximate surface area is 179 Å². The number of halogens is 1. The summed E-state index contributed by atoms with van der Waals surface area (Å²) in [6.45, 7) is 1.43. The second kappa shape index (κ2) is 8.74. The predicted octanol–water partition coefficient (Wildman–Crippen LogP) is 2.30. The van der Waals surface area contributed by atoms with Crippen molar-refractivity contribution >= 4 is 32.7 Å². The predicted molar refractivity (Wildman–Crippen MR) is 114 cm³/mol. The lowest BCUT2D eigenvalue weighted by Crippen LogP contribution is -2.40. The molecule has 0 atom stereocenters. The Balaban J connectivity index is 1.48. The van der Waals surface area contributed by atoms with E-state index in [1.807, 2.05) is 11.6 Å². The lowest BCUT2D eigenvalue weighted by Gasteiger charge is -2.26. The van der Waals surface area contributed by atoms with Crippen molar-refractivity contribution in [2.24, 2.45) is 7.05 Å². The minimum absolute atomic E-state index is 0.188. The van der Waals surface area contributed by atoms with Gasteiger partial charge in [0.2, 0.25) is 15.9 Å². The number of aryl methyl sites for hydroxylation is 2. The summed E-state index contributed by atoms with van der Waals surface area (Å²) in [6, 6.07) is 10.4. The molecule has 1 amide bonds. The fourth-order valence-electron chi connectivity index (χ4n) is 3.53. The first kappa shape index (κ1) is 21.4. The summed E-state index contributed by atoms with van der Waals surface area (Å²) in [4.78, 5) is 17.0. The summed E-state index contributed by atoms with van der Waals surface area (Å²) in [5, 5.41) is 2.72. The monoisotopic (exact) mass is 446 g/mol. The van der Waals surface area contributed by atoms with Crippen LogP contribution in [-0.2, 0) is 33.0 Å². The molecule has 2 aromatic carbocycles. The highest BCUT2D eigenvalue weighted by molar-refractivity contribution is 7.89. The number of amides is 1. The zero-order valence-corrected chi connectivity index (χ0v) is 17.9. The molecule has 1 aromatic heterocycles. The zero-order chi connectivity index (χ0) is 22.0. The average Bonchev–Trinajstić information content (AvgIpc) is 3.09. The molecule has 1 saturated heterocycles. The molecule has 10 heteroatoms. The third-order valence-electron chi connectivity index (χ3n) is 5.26. The maximum Gasteiger partial charge on any atom is 0.243 e. The highest BCUT2D eigenvalue weighted by atomic mass is 32.2. The van der Waals surface area contributed by atoms with E-state index in [1.54, 1.807) is 18.2 Å². The molecule has 0 saturated carbocycles. The van der Waals surface area contributed by atoms with Crippen LogP contribution < -0.4 is 5.32 Å². The number of aromatic nitrogens is 2. The number of nitrogens with zero attached hydrogens (tertiary/aromatic N) is 3. The van der Waals surface area contributed by atoms with E-state index >= 15 is 0 Å². The van der Waals surface area contributed by atoms with Gasteiger partial charge >= 0.3 is 0 Å². The number of imidazole rings is 1. The van der Waals surface area contributed by atoms with Crippen molar-refractivity contribution in [2.45, 2.75) is 17.7 Å². The van der Waals surface area contributed by atoms with Crippen LogP contribution in [0.2, 0.25) is 0 Å².